The molecule has 2 aliphatic rings. The van der Waals surface area contributed by atoms with Crippen molar-refractivity contribution >= 4 is 0 Å². The van der Waals surface area contributed by atoms with Crippen molar-refractivity contribution in [1.29, 1.82) is 0 Å². The second-order valence-corrected chi connectivity index (χ2v) is 6.78. The lowest BCUT2D eigenvalue weighted by atomic mass is 9.71. The van der Waals surface area contributed by atoms with Crippen LogP contribution in [0.5, 0.6) is 0 Å². The quantitative estimate of drug-likeness (QED) is 0.568. The van der Waals surface area contributed by atoms with Crippen molar-refractivity contribution in [3.8, 4) is 11.1 Å². The van der Waals surface area contributed by atoms with E-state index in [2.05, 4.69) is 74.5 Å². The summed E-state index contributed by atoms with van der Waals surface area (Å²) in [4.78, 5) is 0. The first-order chi connectivity index (χ1) is 10.7. The van der Waals surface area contributed by atoms with Crippen LogP contribution in [-0.2, 0) is 5.41 Å². The fourth-order valence-electron chi connectivity index (χ4n) is 4.17. The third-order valence-electron chi connectivity index (χ3n) is 5.26. The molecule has 4 rings (SSSR count). The summed E-state index contributed by atoms with van der Waals surface area (Å²) < 4.78 is 0. The van der Waals surface area contributed by atoms with E-state index >= 15 is 0 Å². The molecule has 2 aromatic rings. The minimum absolute atomic E-state index is 0.157. The van der Waals surface area contributed by atoms with Crippen molar-refractivity contribution < 1.29 is 0 Å². The zero-order chi connectivity index (χ0) is 15.2. The van der Waals surface area contributed by atoms with Gasteiger partial charge in [-0.15, -0.1) is 0 Å². The van der Waals surface area contributed by atoms with E-state index in [0.29, 0.717) is 0 Å². The summed E-state index contributed by atoms with van der Waals surface area (Å²) in [5.74, 6) is 0. The topological polar surface area (TPSA) is 0 Å². The second-order valence-electron chi connectivity index (χ2n) is 6.78. The molecular weight excluding hydrogens is 264 g/mol. The number of allylic oxidation sites excluding steroid dienone is 4. The fraction of sp³-hybridized carbons (Fsp3) is 0.273. The summed E-state index contributed by atoms with van der Waals surface area (Å²) in [6.45, 7) is 4.42. The zero-order valence-corrected chi connectivity index (χ0v) is 13.4. The molecule has 2 aliphatic carbocycles. The lowest BCUT2D eigenvalue weighted by molar-refractivity contribution is 0.491. The Morgan fingerprint density at radius 1 is 0.773 bits per heavy atom. The molecule has 0 bridgehead atoms. The van der Waals surface area contributed by atoms with Crippen LogP contribution in [0.25, 0.3) is 11.1 Å². The number of hydrogen-bond donors (Lipinski definition) is 0. The summed E-state index contributed by atoms with van der Waals surface area (Å²) in [5, 5.41) is 0. The van der Waals surface area contributed by atoms with E-state index in [9.17, 15) is 0 Å². The molecule has 0 unspecified atom stereocenters. The van der Waals surface area contributed by atoms with Gasteiger partial charge in [-0.3, -0.25) is 0 Å². The summed E-state index contributed by atoms with van der Waals surface area (Å²) >= 11 is 0. The minimum Gasteiger partial charge on any atom is -0.0845 e. The Kier molecular flexibility index (Phi) is 3.07. The van der Waals surface area contributed by atoms with Crippen molar-refractivity contribution in [2.75, 3.05) is 0 Å². The van der Waals surface area contributed by atoms with E-state index < -0.39 is 0 Å². The van der Waals surface area contributed by atoms with Crippen molar-refractivity contribution in [1.82, 2.24) is 0 Å². The Labute approximate surface area is 133 Å². The van der Waals surface area contributed by atoms with Crippen LogP contribution in [0.2, 0.25) is 0 Å². The Hall–Kier alpha value is -2.08. The number of rotatable bonds is 0. The highest BCUT2D eigenvalue weighted by Gasteiger charge is 2.41. The Morgan fingerprint density at radius 2 is 1.36 bits per heavy atom. The molecule has 0 atom stereocenters. The molecule has 0 amide bonds. The number of aryl methyl sites for hydroxylation is 2. The highest BCUT2D eigenvalue weighted by Crippen LogP contribution is 2.54. The summed E-state index contributed by atoms with van der Waals surface area (Å²) in [5.41, 5.74) is 8.84. The molecule has 0 N–H and O–H groups in total. The number of benzene rings is 2. The molecule has 110 valence electrons. The lowest BCUT2D eigenvalue weighted by Crippen LogP contribution is -2.25. The average Bonchev–Trinajstić information content (AvgIpc) is 2.73. The maximum absolute atomic E-state index is 2.42. The first-order valence-electron chi connectivity index (χ1n) is 8.25. The molecule has 0 aromatic heterocycles. The van der Waals surface area contributed by atoms with Gasteiger partial charge in [-0.1, -0.05) is 71.8 Å². The summed E-state index contributed by atoms with van der Waals surface area (Å²) in [7, 11) is 0. The molecule has 0 heterocycles. The maximum Gasteiger partial charge on any atom is 0.0252 e. The van der Waals surface area contributed by atoms with Crippen molar-refractivity contribution in [3.63, 3.8) is 0 Å². The molecule has 22 heavy (non-hydrogen) atoms. The second kappa shape index (κ2) is 4.98. The molecule has 0 radical (unpaired) electrons. The lowest BCUT2D eigenvalue weighted by Gasteiger charge is -2.32. The van der Waals surface area contributed by atoms with E-state index in [1.807, 2.05) is 0 Å². The predicted molar refractivity (Wildman–Crippen MR) is 94.3 cm³/mol. The predicted octanol–water partition coefficient (Wildman–Crippen LogP) is 5.87. The van der Waals surface area contributed by atoms with Crippen LogP contribution in [0.4, 0.5) is 0 Å². The molecule has 0 saturated carbocycles. The SMILES string of the molecule is Cc1ccc2c(c1)C1(C/C=C\C=C/CC1)c1cc(C)ccc1-2. The minimum atomic E-state index is 0.157. The van der Waals surface area contributed by atoms with E-state index in [1.54, 1.807) is 0 Å². The standard InChI is InChI=1S/C22H22/c1-16-8-10-18-19-11-9-17(2)15-21(19)22(20(18)14-16)12-6-4-3-5-7-13-22/h3-6,8-11,14-15H,7,12-13H2,1-2H3/b5-3-,6-4-. The highest BCUT2D eigenvalue weighted by molar-refractivity contribution is 5.81. The first kappa shape index (κ1) is 13.6. The normalized spacial score (nSPS) is 20.8. The van der Waals surface area contributed by atoms with E-state index in [0.717, 1.165) is 12.8 Å². The molecule has 0 aliphatic heterocycles. The third-order valence-corrected chi connectivity index (χ3v) is 5.26. The zero-order valence-electron chi connectivity index (χ0n) is 13.4. The average molecular weight is 286 g/mol. The fourth-order valence-corrected chi connectivity index (χ4v) is 4.17. The summed E-state index contributed by atoms with van der Waals surface area (Å²) in [6, 6.07) is 14.0. The summed E-state index contributed by atoms with van der Waals surface area (Å²) in [6.07, 6.45) is 12.5. The highest BCUT2D eigenvalue weighted by atomic mass is 14.4. The van der Waals surface area contributed by atoms with Crippen LogP contribution in [0.1, 0.15) is 41.5 Å². The largest absolute Gasteiger partial charge is 0.0845 e. The number of hydrogen-bond acceptors (Lipinski definition) is 0. The van der Waals surface area contributed by atoms with Gasteiger partial charge in [0.1, 0.15) is 0 Å². The third kappa shape index (κ3) is 1.90. The van der Waals surface area contributed by atoms with Crippen LogP contribution < -0.4 is 0 Å². The van der Waals surface area contributed by atoms with Gasteiger partial charge in [0.25, 0.3) is 0 Å². The van der Waals surface area contributed by atoms with Gasteiger partial charge in [-0.25, -0.2) is 0 Å². The van der Waals surface area contributed by atoms with Gasteiger partial charge in [0.15, 0.2) is 0 Å². The van der Waals surface area contributed by atoms with Gasteiger partial charge in [0.2, 0.25) is 0 Å². The number of fused-ring (bicyclic) bond motifs is 5. The molecule has 2 aromatic carbocycles. The van der Waals surface area contributed by atoms with E-state index in [4.69, 9.17) is 0 Å². The van der Waals surface area contributed by atoms with Gasteiger partial charge < -0.3 is 0 Å². The Morgan fingerprint density at radius 3 is 2.00 bits per heavy atom. The van der Waals surface area contributed by atoms with Gasteiger partial charge in [-0.05, 0) is 55.4 Å². The van der Waals surface area contributed by atoms with Gasteiger partial charge >= 0.3 is 0 Å². The first-order valence-corrected chi connectivity index (χ1v) is 8.25. The van der Waals surface area contributed by atoms with Gasteiger partial charge in [0.05, 0.1) is 0 Å². The van der Waals surface area contributed by atoms with Crippen LogP contribution in [0, 0.1) is 13.8 Å². The molecule has 0 fully saturated rings. The van der Waals surface area contributed by atoms with Gasteiger partial charge in [-0.2, -0.15) is 0 Å². The Bertz CT molecular complexity index is 738. The molecule has 0 nitrogen and oxygen atoms in total. The van der Waals surface area contributed by atoms with Crippen molar-refractivity contribution in [2.24, 2.45) is 0 Å². The molecule has 0 heteroatoms. The molecule has 1 spiro atoms. The van der Waals surface area contributed by atoms with Crippen LogP contribution in [0.3, 0.4) is 0 Å². The van der Waals surface area contributed by atoms with Crippen LogP contribution in [-0.4, -0.2) is 0 Å². The van der Waals surface area contributed by atoms with Gasteiger partial charge in [0, 0.05) is 5.41 Å². The maximum atomic E-state index is 2.42. The Balaban J connectivity index is 2.01. The van der Waals surface area contributed by atoms with Crippen molar-refractivity contribution in [3.05, 3.63) is 83.0 Å². The molecular formula is C22H22. The monoisotopic (exact) mass is 286 g/mol. The van der Waals surface area contributed by atoms with Crippen molar-refractivity contribution in [2.45, 2.75) is 38.5 Å². The van der Waals surface area contributed by atoms with E-state index in [1.165, 1.54) is 39.8 Å². The molecule has 0 saturated heterocycles. The van der Waals surface area contributed by atoms with Crippen LogP contribution in [0.15, 0.2) is 60.7 Å². The smallest absolute Gasteiger partial charge is 0.0252 e. The van der Waals surface area contributed by atoms with E-state index in [-0.39, 0.29) is 5.41 Å². The van der Waals surface area contributed by atoms with Crippen LogP contribution >= 0.6 is 0 Å².